The summed E-state index contributed by atoms with van der Waals surface area (Å²) in [4.78, 5) is 8.30. The average molecular weight is 341 g/mol. The first-order chi connectivity index (χ1) is 12.2. The molecule has 1 aliphatic rings. The van der Waals surface area contributed by atoms with Gasteiger partial charge in [0.25, 0.3) is 0 Å². The summed E-state index contributed by atoms with van der Waals surface area (Å²) in [6.45, 7) is 0.896. The molecule has 0 aliphatic carbocycles. The number of nitrogens with one attached hydrogen (secondary N) is 2. The summed E-state index contributed by atoms with van der Waals surface area (Å²) in [5.74, 6) is 1.08. The Morgan fingerprint density at radius 2 is 2.00 bits per heavy atom. The SMILES string of the molecule is N#Cc1c(NCc2ccc(O)cc2)ncnc1N[C@@H]1COC(CO)C1. The van der Waals surface area contributed by atoms with Crippen molar-refractivity contribution in [3.05, 3.63) is 41.7 Å². The third-order valence-corrected chi connectivity index (χ3v) is 3.98. The maximum atomic E-state index is 9.49. The van der Waals surface area contributed by atoms with Crippen LogP contribution in [0.25, 0.3) is 0 Å². The number of anilines is 2. The van der Waals surface area contributed by atoms with Crippen molar-refractivity contribution in [1.29, 1.82) is 5.26 Å². The minimum absolute atomic E-state index is 0.0101. The first-order valence-electron chi connectivity index (χ1n) is 7.95. The Morgan fingerprint density at radius 3 is 2.68 bits per heavy atom. The minimum atomic E-state index is -0.183. The molecular formula is C17H19N5O3. The van der Waals surface area contributed by atoms with Crippen molar-refractivity contribution in [1.82, 2.24) is 9.97 Å². The van der Waals surface area contributed by atoms with E-state index < -0.39 is 0 Å². The van der Waals surface area contributed by atoms with E-state index in [0.29, 0.717) is 36.8 Å². The molecule has 1 aliphatic heterocycles. The van der Waals surface area contributed by atoms with Crippen molar-refractivity contribution in [2.24, 2.45) is 0 Å². The number of rotatable bonds is 6. The van der Waals surface area contributed by atoms with E-state index in [1.807, 2.05) is 0 Å². The number of benzene rings is 1. The molecule has 1 unspecified atom stereocenters. The Labute approximate surface area is 145 Å². The highest BCUT2D eigenvalue weighted by atomic mass is 16.5. The van der Waals surface area contributed by atoms with Crippen LogP contribution in [0.15, 0.2) is 30.6 Å². The predicted octanol–water partition coefficient (Wildman–Crippen LogP) is 1.23. The maximum absolute atomic E-state index is 9.49. The van der Waals surface area contributed by atoms with E-state index in [2.05, 4.69) is 26.7 Å². The molecule has 2 aromatic rings. The second-order valence-corrected chi connectivity index (χ2v) is 5.79. The van der Waals surface area contributed by atoms with E-state index >= 15 is 0 Å². The van der Waals surface area contributed by atoms with Crippen molar-refractivity contribution >= 4 is 11.6 Å². The number of hydrogen-bond acceptors (Lipinski definition) is 8. The van der Waals surface area contributed by atoms with E-state index in [1.165, 1.54) is 6.33 Å². The van der Waals surface area contributed by atoms with E-state index in [1.54, 1.807) is 24.3 Å². The van der Waals surface area contributed by atoms with Crippen LogP contribution in [0.3, 0.4) is 0 Å². The molecular weight excluding hydrogens is 322 g/mol. The highest BCUT2D eigenvalue weighted by molar-refractivity contribution is 5.64. The van der Waals surface area contributed by atoms with Gasteiger partial charge in [0.1, 0.15) is 35.3 Å². The van der Waals surface area contributed by atoms with Crippen LogP contribution in [-0.2, 0) is 11.3 Å². The van der Waals surface area contributed by atoms with Crippen LogP contribution in [0.1, 0.15) is 17.5 Å². The Kier molecular flexibility index (Phi) is 5.28. The van der Waals surface area contributed by atoms with Gasteiger partial charge >= 0.3 is 0 Å². The Hall–Kier alpha value is -2.89. The summed E-state index contributed by atoms with van der Waals surface area (Å²) in [5, 5.41) is 34.2. The van der Waals surface area contributed by atoms with Gasteiger partial charge < -0.3 is 25.6 Å². The van der Waals surface area contributed by atoms with Gasteiger partial charge in [-0.05, 0) is 24.1 Å². The van der Waals surface area contributed by atoms with E-state index in [0.717, 1.165) is 5.56 Å². The third-order valence-electron chi connectivity index (χ3n) is 3.98. The van der Waals surface area contributed by atoms with Gasteiger partial charge in [0.15, 0.2) is 0 Å². The zero-order valence-corrected chi connectivity index (χ0v) is 13.5. The molecule has 130 valence electrons. The van der Waals surface area contributed by atoms with E-state index in [-0.39, 0.29) is 24.5 Å². The van der Waals surface area contributed by atoms with Gasteiger partial charge in [0.2, 0.25) is 0 Å². The second-order valence-electron chi connectivity index (χ2n) is 5.79. The summed E-state index contributed by atoms with van der Waals surface area (Å²) in [7, 11) is 0. The molecule has 1 saturated heterocycles. The molecule has 0 bridgehead atoms. The number of ether oxygens (including phenoxy) is 1. The van der Waals surface area contributed by atoms with Gasteiger partial charge in [-0.1, -0.05) is 12.1 Å². The standard InChI is InChI=1S/C17H19N5O3/c18-6-15-16(19-7-11-1-3-13(24)4-2-11)20-10-21-17(15)22-12-5-14(8-23)25-9-12/h1-4,10,12,14,23-24H,5,7-9H2,(H2,19,20,21,22)/t12-,14?/m0/s1. The molecule has 1 fully saturated rings. The molecule has 1 aromatic heterocycles. The summed E-state index contributed by atoms with van der Waals surface area (Å²) in [6.07, 6.45) is 1.86. The molecule has 0 saturated carbocycles. The lowest BCUT2D eigenvalue weighted by molar-refractivity contribution is 0.0588. The lowest BCUT2D eigenvalue weighted by atomic mass is 10.1. The van der Waals surface area contributed by atoms with Crippen molar-refractivity contribution in [2.45, 2.75) is 25.1 Å². The van der Waals surface area contributed by atoms with Crippen molar-refractivity contribution in [3.8, 4) is 11.8 Å². The largest absolute Gasteiger partial charge is 0.508 e. The number of aromatic hydroxyl groups is 1. The minimum Gasteiger partial charge on any atom is -0.508 e. The van der Waals surface area contributed by atoms with Crippen LogP contribution in [0.2, 0.25) is 0 Å². The van der Waals surface area contributed by atoms with Crippen molar-refractivity contribution in [2.75, 3.05) is 23.8 Å². The van der Waals surface area contributed by atoms with Gasteiger partial charge in [-0.25, -0.2) is 9.97 Å². The third kappa shape index (κ3) is 4.15. The smallest absolute Gasteiger partial charge is 0.149 e. The highest BCUT2D eigenvalue weighted by Gasteiger charge is 2.26. The van der Waals surface area contributed by atoms with Crippen LogP contribution < -0.4 is 10.6 Å². The van der Waals surface area contributed by atoms with E-state index in [4.69, 9.17) is 9.84 Å². The molecule has 3 rings (SSSR count). The Morgan fingerprint density at radius 1 is 1.24 bits per heavy atom. The Bertz CT molecular complexity index is 760. The van der Waals surface area contributed by atoms with Gasteiger partial charge in [-0.15, -0.1) is 0 Å². The lowest BCUT2D eigenvalue weighted by Crippen LogP contribution is -2.22. The molecule has 0 amide bonds. The van der Waals surface area contributed by atoms with Crippen LogP contribution in [-0.4, -0.2) is 45.5 Å². The topological polar surface area (TPSA) is 123 Å². The number of phenols is 1. The normalized spacial score (nSPS) is 19.4. The first kappa shape index (κ1) is 17.0. The fraction of sp³-hybridized carbons (Fsp3) is 0.353. The molecule has 25 heavy (non-hydrogen) atoms. The van der Waals surface area contributed by atoms with Crippen LogP contribution in [0, 0.1) is 11.3 Å². The number of aliphatic hydroxyl groups is 1. The molecule has 0 spiro atoms. The second kappa shape index (κ2) is 7.79. The van der Waals surface area contributed by atoms with Gasteiger partial charge in [0, 0.05) is 6.54 Å². The van der Waals surface area contributed by atoms with E-state index in [9.17, 15) is 10.4 Å². The van der Waals surface area contributed by atoms with Crippen molar-refractivity contribution < 1.29 is 14.9 Å². The number of aliphatic hydroxyl groups excluding tert-OH is 1. The summed E-state index contributed by atoms with van der Waals surface area (Å²) in [6, 6.07) is 8.91. The molecule has 4 N–H and O–H groups in total. The van der Waals surface area contributed by atoms with Crippen LogP contribution in [0.4, 0.5) is 11.6 Å². The summed E-state index contributed by atoms with van der Waals surface area (Å²) < 4.78 is 5.43. The molecule has 1 aromatic carbocycles. The zero-order chi connectivity index (χ0) is 17.6. The number of nitriles is 1. The number of hydrogen-bond donors (Lipinski definition) is 4. The number of nitrogens with zero attached hydrogens (tertiary/aromatic N) is 3. The number of phenolic OH excluding ortho intramolecular Hbond substituents is 1. The molecule has 2 atom stereocenters. The average Bonchev–Trinajstić information content (AvgIpc) is 3.09. The molecule has 8 nitrogen and oxygen atoms in total. The Balaban J connectivity index is 1.70. The van der Waals surface area contributed by atoms with Gasteiger partial charge in [-0.2, -0.15) is 5.26 Å². The van der Waals surface area contributed by atoms with Gasteiger partial charge in [0.05, 0.1) is 25.4 Å². The lowest BCUT2D eigenvalue weighted by Gasteiger charge is -2.15. The number of aromatic nitrogens is 2. The maximum Gasteiger partial charge on any atom is 0.149 e. The van der Waals surface area contributed by atoms with Gasteiger partial charge in [-0.3, -0.25) is 0 Å². The predicted molar refractivity (Wildman–Crippen MR) is 91.0 cm³/mol. The quantitative estimate of drug-likeness (QED) is 0.618. The van der Waals surface area contributed by atoms with Crippen LogP contribution in [0.5, 0.6) is 5.75 Å². The molecule has 2 heterocycles. The first-order valence-corrected chi connectivity index (χ1v) is 7.95. The monoisotopic (exact) mass is 341 g/mol. The van der Waals surface area contributed by atoms with Crippen molar-refractivity contribution in [3.63, 3.8) is 0 Å². The fourth-order valence-electron chi connectivity index (χ4n) is 2.66. The molecule has 8 heteroatoms. The fourth-order valence-corrected chi connectivity index (χ4v) is 2.66. The summed E-state index contributed by atoms with van der Waals surface area (Å²) in [5.41, 5.74) is 1.28. The molecule has 0 radical (unpaired) electrons. The van der Waals surface area contributed by atoms with Crippen LogP contribution >= 0.6 is 0 Å². The summed E-state index contributed by atoms with van der Waals surface area (Å²) >= 11 is 0. The zero-order valence-electron chi connectivity index (χ0n) is 13.5. The highest BCUT2D eigenvalue weighted by Crippen LogP contribution is 2.23.